The molecule has 0 spiro atoms. The highest BCUT2D eigenvalue weighted by Gasteiger charge is 2.46. The maximum Gasteiger partial charge on any atom is 0.303 e. The van der Waals surface area contributed by atoms with Gasteiger partial charge in [0.25, 0.3) is 0 Å². The third-order valence-electron chi connectivity index (χ3n) is 12.6. The molecule has 22 heteroatoms. The Morgan fingerprint density at radius 2 is 1.34 bits per heavy atom. The number of nitrogens with zero attached hydrogens (tertiary/aromatic N) is 3. The number of aliphatic hydroxyl groups excluding tert-OH is 4. The molecule has 0 saturated carbocycles. The lowest BCUT2D eigenvalue weighted by Gasteiger charge is -2.40. The summed E-state index contributed by atoms with van der Waals surface area (Å²) in [6.45, 7) is 4.48. The average Bonchev–Trinajstić information content (AvgIpc) is 3.33. The standard InChI is InChI=1S/C48H60N6O16/c1-23-42(60)50-24(2)45(63)52(5)32(19-27-9-14-30(66-8)15-10-27)43(61)51-25(3)46(64)53(6)33-20-28-11-16-31(17-12-28)68-35-21-29(41(67-26(4)56)37(44(62)49-23)54(7)47(33)65)13-18-34(35)69-48-40(59)39(58)38(57)36(22-55)70-48/h9-18,21,23-25,32-33,36-41,48,55,57-59H,19-20,22H2,1-8H3,(H,49,62)(H,50,60)(H,51,61). The van der Waals surface area contributed by atoms with E-state index in [4.69, 9.17) is 23.7 Å². The molecule has 7 rings (SSSR count). The molecule has 12 atom stereocenters. The lowest BCUT2D eigenvalue weighted by atomic mass is 9.96. The van der Waals surface area contributed by atoms with Gasteiger partial charge in [-0.1, -0.05) is 30.3 Å². The number of amides is 6. The van der Waals surface area contributed by atoms with E-state index in [2.05, 4.69) is 16.0 Å². The molecule has 6 bridgehead atoms. The number of rotatable bonds is 7. The average molecular weight is 977 g/mol. The third-order valence-corrected chi connectivity index (χ3v) is 12.6. The number of fused-ring (bicyclic) bond motifs is 2. The summed E-state index contributed by atoms with van der Waals surface area (Å²) in [5.41, 5.74) is 1.17. The van der Waals surface area contributed by atoms with Crippen molar-refractivity contribution < 1.29 is 77.7 Å². The zero-order valence-corrected chi connectivity index (χ0v) is 39.9. The van der Waals surface area contributed by atoms with Crippen LogP contribution in [0.15, 0.2) is 66.7 Å². The summed E-state index contributed by atoms with van der Waals surface area (Å²) in [4.78, 5) is 103. The van der Waals surface area contributed by atoms with Crippen molar-refractivity contribution in [3.8, 4) is 23.0 Å². The zero-order chi connectivity index (χ0) is 51.3. The molecule has 4 heterocycles. The molecule has 6 amide bonds. The first kappa shape index (κ1) is 52.5. The molecule has 4 aliphatic rings. The van der Waals surface area contributed by atoms with Crippen LogP contribution >= 0.6 is 0 Å². The fourth-order valence-corrected chi connectivity index (χ4v) is 8.43. The second-order valence-corrected chi connectivity index (χ2v) is 17.6. The number of ether oxygens (including phenoxy) is 5. The van der Waals surface area contributed by atoms with Gasteiger partial charge in [0, 0.05) is 40.9 Å². The summed E-state index contributed by atoms with van der Waals surface area (Å²) < 4.78 is 29.0. The van der Waals surface area contributed by atoms with Crippen LogP contribution < -0.4 is 30.2 Å². The first-order valence-corrected chi connectivity index (χ1v) is 22.5. The maximum atomic E-state index is 15.2. The fraction of sp³-hybridized carbons (Fsp3) is 0.479. The van der Waals surface area contributed by atoms with E-state index in [0.29, 0.717) is 16.9 Å². The fourth-order valence-electron chi connectivity index (χ4n) is 8.43. The second kappa shape index (κ2) is 22.3. The van der Waals surface area contributed by atoms with E-state index in [0.717, 1.165) is 21.6 Å². The molecular weight excluding hydrogens is 917 g/mol. The molecule has 0 aliphatic carbocycles. The molecule has 2 saturated heterocycles. The lowest BCUT2D eigenvalue weighted by Crippen LogP contribution is -2.62. The van der Waals surface area contributed by atoms with Gasteiger partial charge in [0.1, 0.15) is 66.1 Å². The highest BCUT2D eigenvalue weighted by molar-refractivity contribution is 5.98. The Labute approximate surface area is 403 Å². The van der Waals surface area contributed by atoms with Crippen molar-refractivity contribution in [2.45, 2.75) is 114 Å². The Bertz CT molecular complexity index is 2420. The number of hydrogen-bond donors (Lipinski definition) is 7. The van der Waals surface area contributed by atoms with Crippen molar-refractivity contribution in [2.24, 2.45) is 0 Å². The molecule has 378 valence electrons. The van der Waals surface area contributed by atoms with Crippen LogP contribution in [0, 0.1) is 0 Å². The summed E-state index contributed by atoms with van der Waals surface area (Å²) in [6.07, 6.45) is -10.1. The van der Waals surface area contributed by atoms with Crippen molar-refractivity contribution in [1.82, 2.24) is 30.7 Å². The normalized spacial score (nSPS) is 29.5. The molecule has 3 aromatic rings. The first-order valence-electron chi connectivity index (χ1n) is 22.5. The van der Waals surface area contributed by atoms with E-state index in [9.17, 15) is 49.2 Å². The van der Waals surface area contributed by atoms with Crippen LogP contribution in [0.3, 0.4) is 0 Å². The Balaban J connectivity index is 1.46. The van der Waals surface area contributed by atoms with Crippen molar-refractivity contribution in [1.29, 1.82) is 0 Å². The summed E-state index contributed by atoms with van der Waals surface area (Å²) in [7, 11) is 5.50. The number of hydrogen-bond acceptors (Lipinski definition) is 16. The van der Waals surface area contributed by atoms with Crippen LogP contribution in [0.25, 0.3) is 0 Å². The molecule has 7 N–H and O–H groups in total. The number of benzene rings is 3. The van der Waals surface area contributed by atoms with E-state index in [1.807, 2.05) is 0 Å². The summed E-state index contributed by atoms with van der Waals surface area (Å²) in [5, 5.41) is 49.3. The minimum absolute atomic E-state index is 0.00601. The lowest BCUT2D eigenvalue weighted by molar-refractivity contribution is -0.277. The first-order chi connectivity index (χ1) is 33.1. The monoisotopic (exact) mass is 976 g/mol. The highest BCUT2D eigenvalue weighted by Crippen LogP contribution is 2.39. The summed E-state index contributed by atoms with van der Waals surface area (Å²) in [6, 6.07) is 8.83. The number of likely N-dealkylation sites (N-methyl/N-ethyl adjacent to an activating group) is 3. The minimum atomic E-state index is -1.81. The van der Waals surface area contributed by atoms with Gasteiger partial charge in [-0.25, -0.2) is 0 Å². The number of esters is 1. The van der Waals surface area contributed by atoms with Gasteiger partial charge >= 0.3 is 5.97 Å². The largest absolute Gasteiger partial charge is 0.497 e. The molecule has 0 aromatic heterocycles. The third kappa shape index (κ3) is 11.6. The quantitative estimate of drug-likeness (QED) is 0.141. The number of carbonyl (C=O) groups excluding carboxylic acids is 7. The van der Waals surface area contributed by atoms with Gasteiger partial charge in [-0.15, -0.1) is 0 Å². The molecule has 0 radical (unpaired) electrons. The molecule has 22 nitrogen and oxygen atoms in total. The van der Waals surface area contributed by atoms with Gasteiger partial charge in [0.05, 0.1) is 13.7 Å². The van der Waals surface area contributed by atoms with Crippen LogP contribution in [0.2, 0.25) is 0 Å². The van der Waals surface area contributed by atoms with Crippen molar-refractivity contribution >= 4 is 41.4 Å². The predicted molar refractivity (Wildman–Crippen MR) is 245 cm³/mol. The smallest absolute Gasteiger partial charge is 0.303 e. The van der Waals surface area contributed by atoms with Crippen LogP contribution in [0.4, 0.5) is 0 Å². The van der Waals surface area contributed by atoms with E-state index in [1.165, 1.54) is 67.2 Å². The maximum absolute atomic E-state index is 15.2. The molecule has 3 aromatic carbocycles. The number of nitrogens with one attached hydrogen (secondary N) is 3. The number of carbonyl (C=O) groups is 7. The zero-order valence-electron chi connectivity index (χ0n) is 39.9. The van der Waals surface area contributed by atoms with Crippen molar-refractivity contribution in [3.63, 3.8) is 0 Å². The molecular formula is C48H60N6O16. The van der Waals surface area contributed by atoms with Gasteiger partial charge in [-0.2, -0.15) is 0 Å². The Hall–Kier alpha value is -6.85. The topological polar surface area (TPSA) is 292 Å². The predicted octanol–water partition coefficient (Wildman–Crippen LogP) is -0.922. The second-order valence-electron chi connectivity index (χ2n) is 17.6. The number of aliphatic hydroxyl groups is 4. The van der Waals surface area contributed by atoms with Crippen molar-refractivity contribution in [2.75, 3.05) is 34.9 Å². The molecule has 70 heavy (non-hydrogen) atoms. The van der Waals surface area contributed by atoms with E-state index in [1.54, 1.807) is 48.5 Å². The van der Waals surface area contributed by atoms with E-state index >= 15 is 4.79 Å². The van der Waals surface area contributed by atoms with Crippen LogP contribution in [-0.2, 0) is 55.9 Å². The van der Waals surface area contributed by atoms with Crippen LogP contribution in [-0.4, -0.2) is 178 Å². The van der Waals surface area contributed by atoms with Gasteiger partial charge in [0.2, 0.25) is 41.7 Å². The minimum Gasteiger partial charge on any atom is -0.497 e. The van der Waals surface area contributed by atoms with Gasteiger partial charge in [0.15, 0.2) is 23.6 Å². The Morgan fingerprint density at radius 3 is 1.96 bits per heavy atom. The Morgan fingerprint density at radius 1 is 0.729 bits per heavy atom. The Kier molecular flexibility index (Phi) is 16.7. The highest BCUT2D eigenvalue weighted by atomic mass is 16.7. The molecule has 2 fully saturated rings. The SMILES string of the molecule is COc1ccc(CC2C(=O)NC(C)C(=O)N(C)C3Cc4ccc(cc4)Oc4cc(ccc4OC4OC(CO)C(O)C(O)C4O)C(OC(C)=O)C(C(=O)NC(C)C(=O)NC(C)C(=O)N2C)N(C)C3=O)cc1. The van der Waals surface area contributed by atoms with Crippen LogP contribution in [0.1, 0.15) is 50.5 Å². The van der Waals surface area contributed by atoms with Gasteiger partial charge in [-0.05, 0) is 73.9 Å². The van der Waals surface area contributed by atoms with Crippen molar-refractivity contribution in [3.05, 3.63) is 83.4 Å². The summed E-state index contributed by atoms with van der Waals surface area (Å²) in [5.74, 6) is -5.16. The van der Waals surface area contributed by atoms with E-state index < -0.39 is 121 Å². The number of methoxy groups -OCH3 is 1. The van der Waals surface area contributed by atoms with Crippen LogP contribution in [0.5, 0.6) is 23.0 Å². The van der Waals surface area contributed by atoms with Gasteiger partial charge < -0.3 is 74.8 Å². The van der Waals surface area contributed by atoms with E-state index in [-0.39, 0.29) is 35.7 Å². The van der Waals surface area contributed by atoms with Gasteiger partial charge in [-0.3, -0.25) is 33.6 Å². The molecule has 4 aliphatic heterocycles. The molecule has 12 unspecified atom stereocenters. The summed E-state index contributed by atoms with van der Waals surface area (Å²) >= 11 is 0.